The minimum atomic E-state index is -0.0799. The van der Waals surface area contributed by atoms with Crippen LogP contribution in [-0.4, -0.2) is 35.1 Å². The number of fused-ring (bicyclic) bond motifs is 2. The van der Waals surface area contributed by atoms with Gasteiger partial charge in [-0.1, -0.05) is 37.8 Å². The Hall–Kier alpha value is -0.380. The Morgan fingerprint density at radius 2 is 1.60 bits per heavy atom. The molecule has 3 heteroatoms. The van der Waals surface area contributed by atoms with Gasteiger partial charge in [-0.15, -0.1) is 0 Å². The second kappa shape index (κ2) is 10.1. The van der Waals surface area contributed by atoms with Crippen LogP contribution >= 0.6 is 0 Å². The van der Waals surface area contributed by atoms with Gasteiger partial charge in [0, 0.05) is 0 Å². The topological polar surface area (TPSA) is 49.7 Å². The van der Waals surface area contributed by atoms with Gasteiger partial charge < -0.3 is 14.9 Å². The Balaban J connectivity index is 1.41. The Bertz CT molecular complexity index is 402. The van der Waals surface area contributed by atoms with Gasteiger partial charge in [-0.05, 0) is 75.5 Å². The molecule has 0 aromatic heterocycles. The van der Waals surface area contributed by atoms with Crippen molar-refractivity contribution in [3.05, 3.63) is 12.2 Å². The summed E-state index contributed by atoms with van der Waals surface area (Å²) < 4.78 is 6.24. The van der Waals surface area contributed by atoms with Crippen LogP contribution in [0.2, 0.25) is 0 Å². The number of aliphatic hydroxyl groups is 2. The summed E-state index contributed by atoms with van der Waals surface area (Å²) in [6.45, 7) is 0.158. The first kappa shape index (κ1) is 19.4. The van der Waals surface area contributed by atoms with Gasteiger partial charge in [0.2, 0.25) is 0 Å². The van der Waals surface area contributed by atoms with Crippen molar-refractivity contribution in [1.29, 1.82) is 0 Å². The fourth-order valence-corrected chi connectivity index (χ4v) is 5.62. The zero-order chi connectivity index (χ0) is 17.5. The maximum absolute atomic E-state index is 10.6. The highest BCUT2D eigenvalue weighted by Crippen LogP contribution is 2.48. The Morgan fingerprint density at radius 3 is 2.32 bits per heavy atom. The monoisotopic (exact) mass is 350 g/mol. The maximum Gasteiger partial charge on any atom is 0.0612 e. The molecule has 0 aromatic rings. The van der Waals surface area contributed by atoms with Crippen LogP contribution in [0.25, 0.3) is 0 Å². The molecular weight excluding hydrogens is 312 g/mol. The quantitative estimate of drug-likeness (QED) is 0.447. The van der Waals surface area contributed by atoms with Crippen LogP contribution in [0.5, 0.6) is 0 Å². The van der Waals surface area contributed by atoms with E-state index in [1.165, 1.54) is 64.2 Å². The molecule has 0 amide bonds. The molecule has 144 valence electrons. The van der Waals surface area contributed by atoms with E-state index >= 15 is 0 Å². The van der Waals surface area contributed by atoms with Gasteiger partial charge in [-0.2, -0.15) is 0 Å². The lowest BCUT2D eigenvalue weighted by molar-refractivity contribution is 0.0606. The summed E-state index contributed by atoms with van der Waals surface area (Å²) in [7, 11) is 0. The second-order valence-corrected chi connectivity index (χ2v) is 8.60. The highest BCUT2D eigenvalue weighted by Gasteiger charge is 2.47. The van der Waals surface area contributed by atoms with Gasteiger partial charge >= 0.3 is 0 Å². The molecule has 25 heavy (non-hydrogen) atoms. The third kappa shape index (κ3) is 5.30. The molecule has 2 aliphatic heterocycles. The molecule has 5 atom stereocenters. The van der Waals surface area contributed by atoms with E-state index in [-0.39, 0.29) is 12.7 Å². The molecule has 1 aliphatic carbocycles. The number of aliphatic hydroxyl groups excluding tert-OH is 2. The summed E-state index contributed by atoms with van der Waals surface area (Å²) in [5.74, 6) is 1.97. The lowest BCUT2D eigenvalue weighted by Crippen LogP contribution is -2.30. The molecule has 3 rings (SSSR count). The summed E-state index contributed by atoms with van der Waals surface area (Å²) in [6.07, 6.45) is 20.7. The van der Waals surface area contributed by atoms with Crippen molar-refractivity contribution < 1.29 is 14.9 Å². The van der Waals surface area contributed by atoms with E-state index in [4.69, 9.17) is 9.84 Å². The summed E-state index contributed by atoms with van der Waals surface area (Å²) in [4.78, 5) is 0. The summed E-state index contributed by atoms with van der Waals surface area (Å²) in [5, 5.41) is 19.4. The van der Waals surface area contributed by atoms with Crippen LogP contribution in [0.15, 0.2) is 12.2 Å². The molecule has 0 spiro atoms. The third-order valence-corrected chi connectivity index (χ3v) is 7.01. The minimum Gasteiger partial charge on any atom is -0.393 e. The lowest BCUT2D eigenvalue weighted by Gasteiger charge is -2.31. The van der Waals surface area contributed by atoms with E-state index in [0.717, 1.165) is 25.2 Å². The molecule has 0 aromatic carbocycles. The number of hydrogen-bond donors (Lipinski definition) is 2. The number of rotatable bonds is 10. The van der Waals surface area contributed by atoms with Crippen LogP contribution in [0.1, 0.15) is 83.5 Å². The molecule has 1 saturated carbocycles. The summed E-state index contributed by atoms with van der Waals surface area (Å²) in [5.41, 5.74) is 0. The molecule has 2 N–H and O–H groups in total. The van der Waals surface area contributed by atoms with Crippen molar-refractivity contribution in [2.45, 2.75) is 102 Å². The normalized spacial score (nSPS) is 34.2. The zero-order valence-electron chi connectivity index (χ0n) is 15.8. The predicted octanol–water partition coefficient (Wildman–Crippen LogP) is 4.61. The first-order valence-corrected chi connectivity index (χ1v) is 10.9. The number of ether oxygens (including phenoxy) is 1. The largest absolute Gasteiger partial charge is 0.393 e. The summed E-state index contributed by atoms with van der Waals surface area (Å²) in [6, 6.07) is 0. The van der Waals surface area contributed by atoms with E-state index in [0.29, 0.717) is 24.0 Å². The standard InChI is InChI=1S/C22H38O3/c23-16-8-3-1-2-7-11-18-19(22-15-14-21(18)25-22)12-13-20(24)17-9-5-4-6-10-17/h3,8,17-24H,1-2,4-7,9-16H2/t18-,19+,20?,21-,22+/m1/s1. The average molecular weight is 351 g/mol. The zero-order valence-corrected chi connectivity index (χ0v) is 15.8. The Morgan fingerprint density at radius 1 is 0.880 bits per heavy atom. The van der Waals surface area contributed by atoms with E-state index < -0.39 is 0 Å². The number of hydrogen-bond acceptors (Lipinski definition) is 3. The minimum absolute atomic E-state index is 0.0799. The van der Waals surface area contributed by atoms with E-state index in [1.807, 2.05) is 6.08 Å². The highest BCUT2D eigenvalue weighted by molar-refractivity contribution is 4.96. The lowest BCUT2D eigenvalue weighted by atomic mass is 9.73. The molecule has 3 nitrogen and oxygen atoms in total. The molecule has 2 bridgehead atoms. The van der Waals surface area contributed by atoms with Gasteiger partial charge in [0.15, 0.2) is 0 Å². The van der Waals surface area contributed by atoms with Crippen LogP contribution in [0, 0.1) is 17.8 Å². The molecular formula is C22H38O3. The Kier molecular flexibility index (Phi) is 7.82. The van der Waals surface area contributed by atoms with E-state index in [2.05, 4.69) is 6.08 Å². The second-order valence-electron chi connectivity index (χ2n) is 8.60. The predicted molar refractivity (Wildman–Crippen MR) is 101 cm³/mol. The Labute approximate surface area is 153 Å². The van der Waals surface area contributed by atoms with Gasteiger partial charge in [-0.25, -0.2) is 0 Å². The first-order chi connectivity index (χ1) is 12.3. The first-order valence-electron chi connectivity index (χ1n) is 10.9. The van der Waals surface area contributed by atoms with Crippen molar-refractivity contribution in [2.24, 2.45) is 17.8 Å². The van der Waals surface area contributed by atoms with Crippen LogP contribution in [-0.2, 0) is 4.74 Å². The summed E-state index contributed by atoms with van der Waals surface area (Å²) >= 11 is 0. The maximum atomic E-state index is 10.6. The molecule has 1 unspecified atom stereocenters. The van der Waals surface area contributed by atoms with Crippen LogP contribution < -0.4 is 0 Å². The van der Waals surface area contributed by atoms with Crippen molar-refractivity contribution in [3.63, 3.8) is 0 Å². The van der Waals surface area contributed by atoms with Crippen molar-refractivity contribution in [3.8, 4) is 0 Å². The SMILES string of the molecule is OCC=CCCCC[C@@H]1[C@H](CCC(O)C2CCCCC2)[C@@H]2CC[C@H]1O2. The fourth-order valence-electron chi connectivity index (χ4n) is 5.62. The fraction of sp³-hybridized carbons (Fsp3) is 0.909. The van der Waals surface area contributed by atoms with Crippen LogP contribution in [0.3, 0.4) is 0 Å². The molecule has 3 aliphatic rings. The van der Waals surface area contributed by atoms with Gasteiger partial charge in [0.05, 0.1) is 24.9 Å². The van der Waals surface area contributed by atoms with Gasteiger partial charge in [-0.3, -0.25) is 0 Å². The van der Waals surface area contributed by atoms with Crippen molar-refractivity contribution in [2.75, 3.05) is 6.61 Å². The van der Waals surface area contributed by atoms with Gasteiger partial charge in [0.25, 0.3) is 0 Å². The smallest absolute Gasteiger partial charge is 0.0612 e. The van der Waals surface area contributed by atoms with Crippen molar-refractivity contribution in [1.82, 2.24) is 0 Å². The van der Waals surface area contributed by atoms with E-state index in [9.17, 15) is 5.11 Å². The third-order valence-electron chi connectivity index (χ3n) is 7.01. The number of allylic oxidation sites excluding steroid dienone is 1. The molecule has 3 fully saturated rings. The molecule has 0 radical (unpaired) electrons. The highest BCUT2D eigenvalue weighted by atomic mass is 16.5. The molecule has 2 saturated heterocycles. The van der Waals surface area contributed by atoms with Gasteiger partial charge in [0.1, 0.15) is 0 Å². The van der Waals surface area contributed by atoms with E-state index in [1.54, 1.807) is 0 Å². The van der Waals surface area contributed by atoms with Crippen molar-refractivity contribution >= 4 is 0 Å². The number of unbranched alkanes of at least 4 members (excludes halogenated alkanes) is 2. The van der Waals surface area contributed by atoms with Crippen LogP contribution in [0.4, 0.5) is 0 Å². The molecule has 2 heterocycles. The average Bonchev–Trinajstić information content (AvgIpc) is 3.25.